The predicted molar refractivity (Wildman–Crippen MR) is 62.8 cm³/mol. The maximum Gasteiger partial charge on any atom is 0.326 e. The smallest absolute Gasteiger partial charge is 0.326 e. The largest absolute Gasteiger partial charge is 0.480 e. The van der Waals surface area contributed by atoms with E-state index in [1.807, 2.05) is 6.92 Å². The number of carboxylic acids is 1. The number of hydrogen-bond donors (Lipinski definition) is 3. The Morgan fingerprint density at radius 2 is 2.28 bits per heavy atom. The van der Waals surface area contributed by atoms with Gasteiger partial charge in [-0.3, -0.25) is 0 Å². The molecule has 0 fully saturated rings. The molecule has 7 heteroatoms. The number of amides is 2. The maximum atomic E-state index is 11.5. The van der Waals surface area contributed by atoms with E-state index in [0.29, 0.717) is 12.2 Å². The summed E-state index contributed by atoms with van der Waals surface area (Å²) >= 11 is 0. The van der Waals surface area contributed by atoms with Crippen molar-refractivity contribution in [2.75, 3.05) is 0 Å². The fourth-order valence-corrected chi connectivity index (χ4v) is 1.38. The molecule has 0 aromatic carbocycles. The van der Waals surface area contributed by atoms with Crippen LogP contribution in [0.3, 0.4) is 0 Å². The van der Waals surface area contributed by atoms with E-state index in [0.717, 1.165) is 0 Å². The van der Waals surface area contributed by atoms with Crippen LogP contribution in [0.2, 0.25) is 0 Å². The van der Waals surface area contributed by atoms with Gasteiger partial charge in [0.25, 0.3) is 0 Å². The van der Waals surface area contributed by atoms with Crippen LogP contribution in [0.5, 0.6) is 0 Å². The fraction of sp³-hybridized carbons (Fsp3) is 0.545. The van der Waals surface area contributed by atoms with Crippen LogP contribution in [0.1, 0.15) is 26.0 Å². The van der Waals surface area contributed by atoms with Crippen LogP contribution in [0.15, 0.2) is 16.8 Å². The predicted octanol–water partition coefficient (Wildman–Crippen LogP) is 0.973. The first-order valence-electron chi connectivity index (χ1n) is 5.71. The summed E-state index contributed by atoms with van der Waals surface area (Å²) in [4.78, 5) is 22.5. The summed E-state index contributed by atoms with van der Waals surface area (Å²) in [5.74, 6) is -0.682. The molecule has 2 atom stereocenters. The lowest BCUT2D eigenvalue weighted by molar-refractivity contribution is -0.140. The van der Waals surface area contributed by atoms with Gasteiger partial charge < -0.3 is 20.3 Å². The Balaban J connectivity index is 2.44. The van der Waals surface area contributed by atoms with Crippen LogP contribution in [-0.2, 0) is 11.3 Å². The van der Waals surface area contributed by atoms with E-state index in [9.17, 15) is 9.59 Å². The van der Waals surface area contributed by atoms with Crippen molar-refractivity contribution in [3.05, 3.63) is 18.0 Å². The second-order valence-electron chi connectivity index (χ2n) is 4.01. The third-order valence-corrected chi connectivity index (χ3v) is 2.68. The molecule has 1 aromatic rings. The Labute approximate surface area is 105 Å². The molecule has 0 bridgehead atoms. The van der Waals surface area contributed by atoms with Crippen LogP contribution < -0.4 is 10.6 Å². The molecule has 0 aliphatic heterocycles. The third-order valence-electron chi connectivity index (χ3n) is 2.68. The van der Waals surface area contributed by atoms with E-state index in [-0.39, 0.29) is 12.5 Å². The first-order chi connectivity index (χ1) is 8.54. The van der Waals surface area contributed by atoms with E-state index in [2.05, 4.69) is 15.8 Å². The van der Waals surface area contributed by atoms with Crippen molar-refractivity contribution in [1.82, 2.24) is 15.8 Å². The molecule has 100 valence electrons. The van der Waals surface area contributed by atoms with Crippen LogP contribution in [0.25, 0.3) is 0 Å². The molecule has 7 nitrogen and oxygen atoms in total. The van der Waals surface area contributed by atoms with Gasteiger partial charge in [-0.15, -0.1) is 0 Å². The van der Waals surface area contributed by atoms with Crippen LogP contribution in [-0.4, -0.2) is 28.3 Å². The molecule has 18 heavy (non-hydrogen) atoms. The lowest BCUT2D eigenvalue weighted by Gasteiger charge is -2.20. The molecule has 3 N–H and O–H groups in total. The molecule has 0 saturated carbocycles. The fourth-order valence-electron chi connectivity index (χ4n) is 1.38. The van der Waals surface area contributed by atoms with E-state index >= 15 is 0 Å². The number of aliphatic carboxylic acids is 1. The Kier molecular flexibility index (Phi) is 5.16. The molecule has 1 aromatic heterocycles. The zero-order valence-electron chi connectivity index (χ0n) is 10.3. The van der Waals surface area contributed by atoms with Gasteiger partial charge in [-0.25, -0.2) is 9.59 Å². The van der Waals surface area contributed by atoms with Crippen LogP contribution >= 0.6 is 0 Å². The summed E-state index contributed by atoms with van der Waals surface area (Å²) in [7, 11) is 0. The van der Waals surface area contributed by atoms with E-state index in [1.54, 1.807) is 13.0 Å². The SMILES string of the molecule is CC[C@H](C)[C@H](NC(=O)NCc1ccno1)C(=O)O. The molecule has 0 aliphatic carbocycles. The molecule has 0 radical (unpaired) electrons. The van der Waals surface area contributed by atoms with E-state index < -0.39 is 18.0 Å². The van der Waals surface area contributed by atoms with Gasteiger partial charge in [0.15, 0.2) is 5.76 Å². The average molecular weight is 255 g/mol. The van der Waals surface area contributed by atoms with Gasteiger partial charge in [0.05, 0.1) is 12.7 Å². The van der Waals surface area contributed by atoms with Crippen molar-refractivity contribution in [1.29, 1.82) is 0 Å². The average Bonchev–Trinajstić information content (AvgIpc) is 2.85. The summed E-state index contributed by atoms with van der Waals surface area (Å²) < 4.78 is 4.80. The molecule has 0 unspecified atom stereocenters. The van der Waals surface area contributed by atoms with E-state index in [4.69, 9.17) is 9.63 Å². The molecule has 1 rings (SSSR count). The number of urea groups is 1. The van der Waals surface area contributed by atoms with Crippen molar-refractivity contribution >= 4 is 12.0 Å². The first kappa shape index (κ1) is 14.0. The number of nitrogens with one attached hydrogen (secondary N) is 2. The highest BCUT2D eigenvalue weighted by molar-refractivity contribution is 5.82. The van der Waals surface area contributed by atoms with Gasteiger partial charge in [-0.05, 0) is 5.92 Å². The molecule has 0 spiro atoms. The van der Waals surface area contributed by atoms with Crippen molar-refractivity contribution in [2.45, 2.75) is 32.9 Å². The number of carbonyl (C=O) groups is 2. The number of carboxylic acid groups (broad SMARTS) is 1. The minimum atomic E-state index is -1.04. The second kappa shape index (κ2) is 6.63. The van der Waals surface area contributed by atoms with Gasteiger partial charge >= 0.3 is 12.0 Å². The Hall–Kier alpha value is -2.05. The summed E-state index contributed by atoms with van der Waals surface area (Å²) in [5, 5.41) is 17.4. The van der Waals surface area contributed by atoms with Crippen molar-refractivity contribution in [3.8, 4) is 0 Å². The Morgan fingerprint density at radius 3 is 2.78 bits per heavy atom. The molecule has 0 aliphatic rings. The summed E-state index contributed by atoms with van der Waals surface area (Å²) in [6.07, 6.45) is 2.13. The van der Waals surface area contributed by atoms with Gasteiger partial charge in [-0.2, -0.15) is 0 Å². The molecular weight excluding hydrogens is 238 g/mol. The molecule has 0 saturated heterocycles. The number of rotatable bonds is 6. The van der Waals surface area contributed by atoms with Crippen molar-refractivity contribution in [2.24, 2.45) is 5.92 Å². The Bertz CT molecular complexity index is 391. The normalized spacial score (nSPS) is 13.7. The van der Waals surface area contributed by atoms with Crippen LogP contribution in [0.4, 0.5) is 4.79 Å². The quantitative estimate of drug-likeness (QED) is 0.702. The zero-order valence-corrected chi connectivity index (χ0v) is 10.3. The first-order valence-corrected chi connectivity index (χ1v) is 5.71. The lowest BCUT2D eigenvalue weighted by Crippen LogP contribution is -2.48. The summed E-state index contributed by atoms with van der Waals surface area (Å²) in [6, 6.07) is 0.174. The van der Waals surface area contributed by atoms with Gasteiger partial charge in [0.1, 0.15) is 6.04 Å². The highest BCUT2D eigenvalue weighted by atomic mass is 16.5. The Morgan fingerprint density at radius 1 is 1.56 bits per heavy atom. The molecule has 2 amide bonds. The van der Waals surface area contributed by atoms with Crippen molar-refractivity contribution < 1.29 is 19.2 Å². The highest BCUT2D eigenvalue weighted by Gasteiger charge is 2.25. The topological polar surface area (TPSA) is 104 Å². The van der Waals surface area contributed by atoms with Gasteiger partial charge in [0, 0.05) is 6.07 Å². The van der Waals surface area contributed by atoms with Crippen molar-refractivity contribution in [3.63, 3.8) is 0 Å². The number of nitrogens with zero attached hydrogens (tertiary/aromatic N) is 1. The maximum absolute atomic E-state index is 11.5. The van der Waals surface area contributed by atoms with Gasteiger partial charge in [-0.1, -0.05) is 25.4 Å². The zero-order chi connectivity index (χ0) is 13.5. The highest BCUT2D eigenvalue weighted by Crippen LogP contribution is 2.07. The van der Waals surface area contributed by atoms with Crippen LogP contribution in [0, 0.1) is 5.92 Å². The number of aromatic nitrogens is 1. The second-order valence-corrected chi connectivity index (χ2v) is 4.01. The van der Waals surface area contributed by atoms with Gasteiger partial charge in [0.2, 0.25) is 0 Å². The minimum Gasteiger partial charge on any atom is -0.480 e. The monoisotopic (exact) mass is 255 g/mol. The summed E-state index contributed by atoms with van der Waals surface area (Å²) in [6.45, 7) is 3.81. The summed E-state index contributed by atoms with van der Waals surface area (Å²) in [5.41, 5.74) is 0. The lowest BCUT2D eigenvalue weighted by atomic mass is 9.99. The number of carbonyl (C=O) groups excluding carboxylic acids is 1. The van der Waals surface area contributed by atoms with E-state index in [1.165, 1.54) is 6.20 Å². The molecular formula is C11H17N3O4. The number of hydrogen-bond acceptors (Lipinski definition) is 4. The molecule has 1 heterocycles. The minimum absolute atomic E-state index is 0.140. The third kappa shape index (κ3) is 4.08. The standard InChI is InChI=1S/C11H17N3O4/c1-3-7(2)9(10(15)16)14-11(17)12-6-8-4-5-13-18-8/h4-5,7,9H,3,6H2,1-2H3,(H,15,16)(H2,12,14,17)/t7-,9-/m0/s1.